The normalized spacial score (nSPS) is 16.0. The highest BCUT2D eigenvalue weighted by atomic mass is 35.5. The first-order valence-corrected chi connectivity index (χ1v) is 8.28. The zero-order valence-electron chi connectivity index (χ0n) is 13.1. The summed E-state index contributed by atoms with van der Waals surface area (Å²) in [7, 11) is 0. The fourth-order valence-corrected chi connectivity index (χ4v) is 3.31. The van der Waals surface area contributed by atoms with Crippen molar-refractivity contribution in [2.45, 2.75) is 6.54 Å². The molecule has 2 aromatic heterocycles. The number of aromatic nitrogens is 3. The first-order valence-electron chi connectivity index (χ1n) is 7.90. The summed E-state index contributed by atoms with van der Waals surface area (Å²) in [6.07, 6.45) is 7.37. The predicted octanol–water partition coefficient (Wildman–Crippen LogP) is 2.84. The highest BCUT2D eigenvalue weighted by Gasteiger charge is 2.21. The monoisotopic (exact) mass is 345 g/mol. The Bertz CT molecular complexity index is 837. The van der Waals surface area contributed by atoms with Gasteiger partial charge in [0, 0.05) is 68.1 Å². The van der Waals surface area contributed by atoms with Gasteiger partial charge in [0.25, 0.3) is 0 Å². The summed E-state index contributed by atoms with van der Waals surface area (Å²) in [6.45, 7) is 3.83. The molecule has 0 spiro atoms. The summed E-state index contributed by atoms with van der Waals surface area (Å²) in [5.74, 6) is 0.653. The minimum Gasteiger partial charge on any atom is -0.351 e. The molecule has 0 radical (unpaired) electrons. The zero-order valence-corrected chi connectivity index (χ0v) is 13.8. The van der Waals surface area contributed by atoms with E-state index in [4.69, 9.17) is 11.6 Å². The molecule has 124 valence electrons. The number of nitrogens with zero attached hydrogens (tertiary/aromatic N) is 5. The van der Waals surface area contributed by atoms with Gasteiger partial charge in [0.1, 0.15) is 5.82 Å². The molecule has 0 N–H and O–H groups in total. The maximum Gasteiger partial charge on any atom is 0.180 e. The standard InChI is InChI=1S/C17H17ClFN5/c18-14-2-1-3-15(19)13(14)12-22-8-10-24(11-9-22)17-16-20-4-6-23(16)7-5-21-17/h1-7H,8-12H2. The van der Waals surface area contributed by atoms with Gasteiger partial charge in [-0.05, 0) is 12.1 Å². The summed E-state index contributed by atoms with van der Waals surface area (Å²) >= 11 is 6.13. The fourth-order valence-electron chi connectivity index (χ4n) is 3.09. The minimum absolute atomic E-state index is 0.242. The van der Waals surface area contributed by atoms with E-state index < -0.39 is 0 Å². The van der Waals surface area contributed by atoms with E-state index in [1.165, 1.54) is 6.07 Å². The Kier molecular flexibility index (Phi) is 4.08. The maximum absolute atomic E-state index is 13.9. The first-order chi connectivity index (χ1) is 11.7. The number of halogens is 2. The minimum atomic E-state index is -0.242. The molecular weight excluding hydrogens is 329 g/mol. The van der Waals surface area contributed by atoms with Gasteiger partial charge in [-0.3, -0.25) is 4.90 Å². The van der Waals surface area contributed by atoms with Gasteiger partial charge in [0.2, 0.25) is 0 Å². The molecule has 24 heavy (non-hydrogen) atoms. The molecule has 5 nitrogen and oxygen atoms in total. The fraction of sp³-hybridized carbons (Fsp3) is 0.294. The third-order valence-electron chi connectivity index (χ3n) is 4.41. The molecule has 1 aliphatic heterocycles. The number of piperazine rings is 1. The largest absolute Gasteiger partial charge is 0.351 e. The lowest BCUT2D eigenvalue weighted by Gasteiger charge is -2.35. The van der Waals surface area contributed by atoms with E-state index in [2.05, 4.69) is 19.8 Å². The van der Waals surface area contributed by atoms with Crippen LogP contribution in [-0.2, 0) is 6.54 Å². The van der Waals surface area contributed by atoms with Gasteiger partial charge in [0.05, 0.1) is 0 Å². The van der Waals surface area contributed by atoms with Gasteiger partial charge in [-0.2, -0.15) is 0 Å². The van der Waals surface area contributed by atoms with Crippen molar-refractivity contribution in [1.82, 2.24) is 19.3 Å². The molecule has 4 rings (SSSR count). The molecule has 7 heteroatoms. The van der Waals surface area contributed by atoms with Gasteiger partial charge in [-0.1, -0.05) is 17.7 Å². The molecule has 1 fully saturated rings. The highest BCUT2D eigenvalue weighted by Crippen LogP contribution is 2.23. The molecule has 1 aromatic carbocycles. The second-order valence-corrected chi connectivity index (χ2v) is 6.28. The topological polar surface area (TPSA) is 36.7 Å². The molecule has 0 saturated carbocycles. The van der Waals surface area contributed by atoms with E-state index in [1.54, 1.807) is 24.5 Å². The van der Waals surface area contributed by atoms with E-state index in [1.807, 2.05) is 16.8 Å². The maximum atomic E-state index is 13.9. The van der Waals surface area contributed by atoms with Crippen molar-refractivity contribution in [2.75, 3.05) is 31.1 Å². The first kappa shape index (κ1) is 15.4. The molecule has 3 heterocycles. The molecule has 0 amide bonds. The van der Waals surface area contributed by atoms with Crippen LogP contribution in [0.15, 0.2) is 43.0 Å². The van der Waals surface area contributed by atoms with Crippen LogP contribution in [-0.4, -0.2) is 45.4 Å². The lowest BCUT2D eigenvalue weighted by Crippen LogP contribution is -2.46. The number of hydrogen-bond acceptors (Lipinski definition) is 4. The summed E-state index contributed by atoms with van der Waals surface area (Å²) in [5, 5.41) is 0.487. The van der Waals surface area contributed by atoms with Crippen LogP contribution in [0, 0.1) is 5.82 Å². The quantitative estimate of drug-likeness (QED) is 0.731. The van der Waals surface area contributed by atoms with Gasteiger partial charge < -0.3 is 9.30 Å². The SMILES string of the molecule is Fc1cccc(Cl)c1CN1CCN(c2nccn3ccnc23)CC1. The average molecular weight is 346 g/mol. The molecular formula is C17H17ClFN5. The van der Waals surface area contributed by atoms with Crippen LogP contribution in [0.25, 0.3) is 5.65 Å². The molecule has 0 atom stereocenters. The number of rotatable bonds is 3. The summed E-state index contributed by atoms with van der Waals surface area (Å²) < 4.78 is 15.9. The van der Waals surface area contributed by atoms with Crippen molar-refractivity contribution < 1.29 is 4.39 Å². The third kappa shape index (κ3) is 2.83. The Hall–Kier alpha value is -2.18. The van der Waals surface area contributed by atoms with Gasteiger partial charge in [0.15, 0.2) is 11.5 Å². The van der Waals surface area contributed by atoms with Crippen LogP contribution in [0.3, 0.4) is 0 Å². The van der Waals surface area contributed by atoms with Crippen LogP contribution in [0.4, 0.5) is 10.2 Å². The van der Waals surface area contributed by atoms with Gasteiger partial charge in [-0.25, -0.2) is 14.4 Å². The van der Waals surface area contributed by atoms with Crippen molar-refractivity contribution in [2.24, 2.45) is 0 Å². The Morgan fingerprint density at radius 3 is 2.54 bits per heavy atom. The van der Waals surface area contributed by atoms with E-state index in [0.29, 0.717) is 17.1 Å². The van der Waals surface area contributed by atoms with Gasteiger partial charge >= 0.3 is 0 Å². The third-order valence-corrected chi connectivity index (χ3v) is 4.76. The number of hydrogen-bond donors (Lipinski definition) is 0. The summed E-state index contributed by atoms with van der Waals surface area (Å²) in [5.41, 5.74) is 1.43. The van der Waals surface area contributed by atoms with Crippen molar-refractivity contribution >= 4 is 23.1 Å². The van der Waals surface area contributed by atoms with E-state index in [-0.39, 0.29) is 5.82 Å². The van der Waals surface area contributed by atoms with Crippen molar-refractivity contribution in [1.29, 1.82) is 0 Å². The van der Waals surface area contributed by atoms with Crippen molar-refractivity contribution in [3.05, 3.63) is 59.4 Å². The van der Waals surface area contributed by atoms with Crippen LogP contribution in [0.5, 0.6) is 0 Å². The lowest BCUT2D eigenvalue weighted by atomic mass is 10.2. The van der Waals surface area contributed by atoms with E-state index in [9.17, 15) is 4.39 Å². The number of imidazole rings is 1. The smallest absolute Gasteiger partial charge is 0.180 e. The Morgan fingerprint density at radius 2 is 1.79 bits per heavy atom. The second kappa shape index (κ2) is 6.37. The Labute approximate surface area is 144 Å². The van der Waals surface area contributed by atoms with E-state index in [0.717, 1.165) is 37.6 Å². The lowest BCUT2D eigenvalue weighted by molar-refractivity contribution is 0.246. The Balaban J connectivity index is 1.46. The van der Waals surface area contributed by atoms with Crippen LogP contribution < -0.4 is 4.90 Å². The predicted molar refractivity (Wildman–Crippen MR) is 91.9 cm³/mol. The molecule has 0 bridgehead atoms. The van der Waals surface area contributed by atoms with Crippen molar-refractivity contribution in [3.63, 3.8) is 0 Å². The summed E-state index contributed by atoms with van der Waals surface area (Å²) in [4.78, 5) is 13.3. The molecule has 0 unspecified atom stereocenters. The molecule has 3 aromatic rings. The number of fused-ring (bicyclic) bond motifs is 1. The number of benzene rings is 1. The molecule has 0 aliphatic carbocycles. The zero-order chi connectivity index (χ0) is 16.5. The Morgan fingerprint density at radius 1 is 1.04 bits per heavy atom. The average Bonchev–Trinajstić information content (AvgIpc) is 3.08. The van der Waals surface area contributed by atoms with Crippen LogP contribution >= 0.6 is 11.6 Å². The molecule has 1 saturated heterocycles. The number of anilines is 1. The second-order valence-electron chi connectivity index (χ2n) is 5.87. The van der Waals surface area contributed by atoms with E-state index >= 15 is 0 Å². The van der Waals surface area contributed by atoms with Gasteiger partial charge in [-0.15, -0.1) is 0 Å². The highest BCUT2D eigenvalue weighted by molar-refractivity contribution is 6.31. The summed E-state index contributed by atoms with van der Waals surface area (Å²) in [6, 6.07) is 4.83. The van der Waals surface area contributed by atoms with Crippen LogP contribution in [0.1, 0.15) is 5.56 Å². The van der Waals surface area contributed by atoms with Crippen LogP contribution in [0.2, 0.25) is 5.02 Å². The van der Waals surface area contributed by atoms with Crippen molar-refractivity contribution in [3.8, 4) is 0 Å². The molecule has 1 aliphatic rings.